The summed E-state index contributed by atoms with van der Waals surface area (Å²) in [4.78, 5) is 37.1. The molecular weight excluding hydrogens is 326 g/mol. The molecule has 0 radical (unpaired) electrons. The van der Waals surface area contributed by atoms with E-state index < -0.39 is 0 Å². The first-order valence-electron chi connectivity index (χ1n) is 8.12. The van der Waals surface area contributed by atoms with Crippen LogP contribution in [0, 0.1) is 6.92 Å². The van der Waals surface area contributed by atoms with Crippen molar-refractivity contribution in [3.05, 3.63) is 23.8 Å². The minimum Gasteiger partial charge on any atom is -0.326 e. The monoisotopic (exact) mass is 347 g/mol. The highest BCUT2D eigenvalue weighted by molar-refractivity contribution is 7.99. The van der Waals surface area contributed by atoms with Crippen LogP contribution in [-0.2, 0) is 14.4 Å². The zero-order chi connectivity index (χ0) is 17.1. The Bertz CT molecular complexity index is 655. The summed E-state index contributed by atoms with van der Waals surface area (Å²) in [5.74, 6) is 1.68. The number of nitrogens with zero attached hydrogens (tertiary/aromatic N) is 1. The van der Waals surface area contributed by atoms with Crippen LogP contribution in [0.4, 0.5) is 11.4 Å². The Kier molecular flexibility index (Phi) is 5.20. The van der Waals surface area contributed by atoms with Crippen molar-refractivity contribution in [2.24, 2.45) is 0 Å². The predicted octanol–water partition coefficient (Wildman–Crippen LogP) is 1.68. The quantitative estimate of drug-likeness (QED) is 0.810. The second-order valence-corrected chi connectivity index (χ2v) is 7.25. The number of hydrogen-bond donors (Lipinski definition) is 2. The molecule has 0 bridgehead atoms. The SMILES string of the molecule is Cc1cc(NC(=O)CC2CSCCN2)ccc1N1C(=O)CCC1=O. The molecule has 2 aliphatic rings. The Morgan fingerprint density at radius 1 is 1.33 bits per heavy atom. The van der Waals surface area contributed by atoms with Crippen LogP contribution in [0.1, 0.15) is 24.8 Å². The van der Waals surface area contributed by atoms with Crippen LogP contribution in [0.5, 0.6) is 0 Å². The third-order valence-corrected chi connectivity index (χ3v) is 5.33. The molecule has 0 aromatic heterocycles. The van der Waals surface area contributed by atoms with Crippen molar-refractivity contribution in [2.45, 2.75) is 32.2 Å². The highest BCUT2D eigenvalue weighted by Gasteiger charge is 2.31. The van der Waals surface area contributed by atoms with E-state index in [0.29, 0.717) is 17.8 Å². The second kappa shape index (κ2) is 7.36. The number of nitrogens with one attached hydrogen (secondary N) is 2. The number of carbonyl (C=O) groups excluding carboxylic acids is 3. The summed E-state index contributed by atoms with van der Waals surface area (Å²) in [6, 6.07) is 5.47. The molecule has 6 nitrogen and oxygen atoms in total. The lowest BCUT2D eigenvalue weighted by Crippen LogP contribution is -2.39. The molecule has 2 fully saturated rings. The molecule has 2 N–H and O–H groups in total. The molecule has 0 spiro atoms. The maximum atomic E-state index is 12.2. The molecule has 24 heavy (non-hydrogen) atoms. The fourth-order valence-corrected chi connectivity index (χ4v) is 3.97. The van der Waals surface area contributed by atoms with Crippen molar-refractivity contribution < 1.29 is 14.4 Å². The number of thioether (sulfide) groups is 1. The molecule has 2 heterocycles. The highest BCUT2D eigenvalue weighted by atomic mass is 32.2. The van der Waals surface area contributed by atoms with Crippen molar-refractivity contribution in [1.29, 1.82) is 0 Å². The molecule has 2 aliphatic heterocycles. The molecule has 3 amide bonds. The lowest BCUT2D eigenvalue weighted by Gasteiger charge is -2.22. The number of rotatable bonds is 4. The molecule has 0 aliphatic carbocycles. The van der Waals surface area contributed by atoms with Gasteiger partial charge in [0.15, 0.2) is 0 Å². The van der Waals surface area contributed by atoms with Crippen molar-refractivity contribution in [3.63, 3.8) is 0 Å². The average Bonchev–Trinajstić information content (AvgIpc) is 2.88. The summed E-state index contributed by atoms with van der Waals surface area (Å²) in [7, 11) is 0. The van der Waals surface area contributed by atoms with Crippen LogP contribution in [0.3, 0.4) is 0 Å². The Labute approximate surface area is 145 Å². The minimum atomic E-state index is -0.166. The molecule has 2 saturated heterocycles. The van der Waals surface area contributed by atoms with Gasteiger partial charge in [0.05, 0.1) is 5.69 Å². The maximum Gasteiger partial charge on any atom is 0.234 e. The first kappa shape index (κ1) is 17.0. The van der Waals surface area contributed by atoms with Gasteiger partial charge in [0.25, 0.3) is 0 Å². The fourth-order valence-electron chi connectivity index (χ4n) is 3.02. The third kappa shape index (κ3) is 3.79. The molecule has 1 aromatic rings. The average molecular weight is 347 g/mol. The number of aryl methyl sites for hydroxylation is 1. The first-order chi connectivity index (χ1) is 11.5. The zero-order valence-electron chi connectivity index (χ0n) is 13.6. The number of benzene rings is 1. The van der Waals surface area contributed by atoms with Crippen LogP contribution < -0.4 is 15.5 Å². The summed E-state index contributed by atoms with van der Waals surface area (Å²) < 4.78 is 0. The van der Waals surface area contributed by atoms with Crippen LogP contribution in [0.25, 0.3) is 0 Å². The molecule has 1 aromatic carbocycles. The normalized spacial score (nSPS) is 21.2. The first-order valence-corrected chi connectivity index (χ1v) is 9.27. The number of amides is 3. The molecule has 0 saturated carbocycles. The standard InChI is InChI=1S/C17H21N3O3S/c1-11-8-12(19-15(21)9-13-10-24-7-6-18-13)2-3-14(11)20-16(22)4-5-17(20)23/h2-3,8,13,18H,4-7,9-10H2,1H3,(H,19,21). The largest absolute Gasteiger partial charge is 0.326 e. The van der Waals surface area contributed by atoms with Gasteiger partial charge in [-0.15, -0.1) is 0 Å². The Morgan fingerprint density at radius 2 is 2.08 bits per heavy atom. The summed E-state index contributed by atoms with van der Waals surface area (Å²) in [5.41, 5.74) is 2.08. The molecule has 128 valence electrons. The van der Waals surface area contributed by atoms with Crippen molar-refractivity contribution in [1.82, 2.24) is 5.32 Å². The summed E-state index contributed by atoms with van der Waals surface area (Å²) in [6.07, 6.45) is 0.975. The van der Waals surface area contributed by atoms with Crippen molar-refractivity contribution in [2.75, 3.05) is 28.3 Å². The summed E-state index contributed by atoms with van der Waals surface area (Å²) in [6.45, 7) is 2.78. The van der Waals surface area contributed by atoms with Gasteiger partial charge in [0, 0.05) is 49.0 Å². The van der Waals surface area contributed by atoms with Gasteiger partial charge in [-0.1, -0.05) is 0 Å². The predicted molar refractivity (Wildman–Crippen MR) is 95.3 cm³/mol. The van der Waals surface area contributed by atoms with E-state index in [1.54, 1.807) is 18.2 Å². The van der Waals surface area contributed by atoms with Crippen LogP contribution in [-0.4, -0.2) is 41.8 Å². The van der Waals surface area contributed by atoms with Crippen LogP contribution in [0.15, 0.2) is 18.2 Å². The lowest BCUT2D eigenvalue weighted by molar-refractivity contribution is -0.121. The second-order valence-electron chi connectivity index (χ2n) is 6.10. The van der Waals surface area contributed by atoms with E-state index in [4.69, 9.17) is 0 Å². The van der Waals surface area contributed by atoms with E-state index in [1.807, 2.05) is 18.7 Å². The van der Waals surface area contributed by atoms with Gasteiger partial charge < -0.3 is 10.6 Å². The van der Waals surface area contributed by atoms with Crippen molar-refractivity contribution >= 4 is 40.9 Å². The maximum absolute atomic E-state index is 12.2. The molecule has 7 heteroatoms. The number of carbonyl (C=O) groups is 3. The van der Waals surface area contributed by atoms with Crippen LogP contribution >= 0.6 is 11.8 Å². The van der Waals surface area contributed by atoms with Gasteiger partial charge in [-0.2, -0.15) is 11.8 Å². The molecule has 1 atom stereocenters. The minimum absolute atomic E-state index is 0.0320. The third-order valence-electron chi connectivity index (χ3n) is 4.20. The van der Waals surface area contributed by atoms with E-state index in [2.05, 4.69) is 10.6 Å². The van der Waals surface area contributed by atoms with E-state index in [1.165, 1.54) is 4.90 Å². The number of imide groups is 1. The van der Waals surface area contributed by atoms with Gasteiger partial charge in [0.1, 0.15) is 0 Å². The highest BCUT2D eigenvalue weighted by Crippen LogP contribution is 2.28. The van der Waals surface area contributed by atoms with Crippen molar-refractivity contribution in [3.8, 4) is 0 Å². The van der Waals surface area contributed by atoms with Crippen LogP contribution in [0.2, 0.25) is 0 Å². The summed E-state index contributed by atoms with van der Waals surface area (Å²) in [5, 5.41) is 6.23. The Hall–Kier alpha value is -1.86. The number of hydrogen-bond acceptors (Lipinski definition) is 5. The molecule has 3 rings (SSSR count). The Balaban J connectivity index is 1.65. The number of anilines is 2. The van der Waals surface area contributed by atoms with Gasteiger partial charge >= 0.3 is 0 Å². The molecular formula is C17H21N3O3S. The van der Waals surface area contributed by atoms with Gasteiger partial charge in [-0.3, -0.25) is 19.3 Å². The van der Waals surface area contributed by atoms with E-state index in [9.17, 15) is 14.4 Å². The smallest absolute Gasteiger partial charge is 0.234 e. The van der Waals surface area contributed by atoms with E-state index >= 15 is 0 Å². The summed E-state index contributed by atoms with van der Waals surface area (Å²) >= 11 is 1.86. The van der Waals surface area contributed by atoms with E-state index in [0.717, 1.165) is 23.6 Å². The van der Waals surface area contributed by atoms with E-state index in [-0.39, 0.29) is 36.6 Å². The molecule has 1 unspecified atom stereocenters. The van der Waals surface area contributed by atoms with Gasteiger partial charge in [0.2, 0.25) is 17.7 Å². The zero-order valence-corrected chi connectivity index (χ0v) is 14.4. The topological polar surface area (TPSA) is 78.5 Å². The Morgan fingerprint density at radius 3 is 2.71 bits per heavy atom. The van der Waals surface area contributed by atoms with Gasteiger partial charge in [-0.25, -0.2) is 0 Å². The lowest BCUT2D eigenvalue weighted by atomic mass is 10.1. The van der Waals surface area contributed by atoms with Gasteiger partial charge in [-0.05, 0) is 30.7 Å². The fraction of sp³-hybridized carbons (Fsp3) is 0.471.